The van der Waals surface area contributed by atoms with Crippen molar-refractivity contribution < 1.29 is 14.3 Å². The van der Waals surface area contributed by atoms with Crippen molar-refractivity contribution in [2.75, 3.05) is 32.6 Å². The van der Waals surface area contributed by atoms with E-state index in [1.165, 1.54) is 6.42 Å². The van der Waals surface area contributed by atoms with E-state index in [0.717, 1.165) is 13.1 Å². The molecule has 1 saturated heterocycles. The zero-order valence-corrected chi connectivity index (χ0v) is 13.2. The largest absolute Gasteiger partial charge is 0.497 e. The third-order valence-corrected chi connectivity index (χ3v) is 3.81. The van der Waals surface area contributed by atoms with E-state index >= 15 is 0 Å². The fourth-order valence-electron chi connectivity index (χ4n) is 2.92. The lowest BCUT2D eigenvalue weighted by atomic mass is 9.92. The molecule has 0 aromatic heterocycles. The standard InChI is InChI=1S/C16H24N2O3/c1-11-7-12(2)10-18(9-11)16(19)17-14-6-5-13(20-3)8-15(14)21-4/h5-6,8,11-12H,7,9-10H2,1-4H3,(H,17,19)/t11-,12-/m1/s1. The number of amides is 2. The molecule has 5 nitrogen and oxygen atoms in total. The van der Waals surface area contributed by atoms with Crippen LogP contribution in [-0.4, -0.2) is 38.2 Å². The average molecular weight is 292 g/mol. The number of piperidine rings is 1. The van der Waals surface area contributed by atoms with Crippen LogP contribution in [0.3, 0.4) is 0 Å². The number of likely N-dealkylation sites (tertiary alicyclic amines) is 1. The van der Waals surface area contributed by atoms with Crippen LogP contribution in [-0.2, 0) is 0 Å². The Morgan fingerprint density at radius 3 is 2.43 bits per heavy atom. The minimum atomic E-state index is -0.0723. The minimum absolute atomic E-state index is 0.0723. The number of hydrogen-bond acceptors (Lipinski definition) is 3. The molecule has 2 atom stereocenters. The molecule has 1 heterocycles. The predicted molar refractivity (Wildman–Crippen MR) is 83.1 cm³/mol. The SMILES string of the molecule is COc1ccc(NC(=O)N2C[C@H](C)C[C@@H](C)C2)c(OC)c1. The van der Waals surface area contributed by atoms with Crippen LogP contribution in [0.2, 0.25) is 0 Å². The van der Waals surface area contributed by atoms with E-state index in [9.17, 15) is 4.79 Å². The molecule has 1 aliphatic heterocycles. The molecular formula is C16H24N2O3. The van der Waals surface area contributed by atoms with E-state index in [4.69, 9.17) is 9.47 Å². The number of rotatable bonds is 3. The Kier molecular flexibility index (Phi) is 4.94. The molecular weight excluding hydrogens is 268 g/mol. The van der Waals surface area contributed by atoms with Crippen molar-refractivity contribution in [1.82, 2.24) is 4.90 Å². The number of hydrogen-bond donors (Lipinski definition) is 1. The van der Waals surface area contributed by atoms with Crippen molar-refractivity contribution >= 4 is 11.7 Å². The molecule has 0 unspecified atom stereocenters. The Bertz CT molecular complexity index is 494. The second kappa shape index (κ2) is 6.70. The van der Waals surface area contributed by atoms with Gasteiger partial charge in [-0.15, -0.1) is 0 Å². The average Bonchev–Trinajstić information content (AvgIpc) is 2.46. The molecule has 0 saturated carbocycles. The zero-order valence-electron chi connectivity index (χ0n) is 13.2. The number of carbonyl (C=O) groups excluding carboxylic acids is 1. The van der Waals surface area contributed by atoms with Crippen LogP contribution < -0.4 is 14.8 Å². The number of urea groups is 1. The third-order valence-electron chi connectivity index (χ3n) is 3.81. The van der Waals surface area contributed by atoms with Gasteiger partial charge >= 0.3 is 6.03 Å². The van der Waals surface area contributed by atoms with E-state index in [2.05, 4.69) is 19.2 Å². The Labute approximate surface area is 126 Å². The summed E-state index contributed by atoms with van der Waals surface area (Å²) in [7, 11) is 3.18. The van der Waals surface area contributed by atoms with Gasteiger partial charge in [-0.05, 0) is 30.4 Å². The summed E-state index contributed by atoms with van der Waals surface area (Å²) in [6.45, 7) is 5.97. The first-order chi connectivity index (χ1) is 10.0. The number of carbonyl (C=O) groups is 1. The van der Waals surface area contributed by atoms with E-state index in [0.29, 0.717) is 29.0 Å². The first kappa shape index (κ1) is 15.5. The van der Waals surface area contributed by atoms with Crippen molar-refractivity contribution in [1.29, 1.82) is 0 Å². The third kappa shape index (κ3) is 3.80. The van der Waals surface area contributed by atoms with Gasteiger partial charge in [0.25, 0.3) is 0 Å². The second-order valence-corrected chi connectivity index (χ2v) is 5.85. The summed E-state index contributed by atoms with van der Waals surface area (Å²) in [4.78, 5) is 14.3. The van der Waals surface area contributed by atoms with Crippen LogP contribution in [0, 0.1) is 11.8 Å². The monoisotopic (exact) mass is 292 g/mol. The van der Waals surface area contributed by atoms with Gasteiger partial charge < -0.3 is 19.7 Å². The van der Waals surface area contributed by atoms with Crippen LogP contribution in [0.15, 0.2) is 18.2 Å². The quantitative estimate of drug-likeness (QED) is 0.930. The number of ether oxygens (including phenoxy) is 2. The van der Waals surface area contributed by atoms with Crippen LogP contribution in [0.4, 0.5) is 10.5 Å². The van der Waals surface area contributed by atoms with Crippen LogP contribution in [0.25, 0.3) is 0 Å². The smallest absolute Gasteiger partial charge is 0.321 e. The van der Waals surface area contributed by atoms with E-state index in [-0.39, 0.29) is 6.03 Å². The van der Waals surface area contributed by atoms with Gasteiger partial charge in [0.2, 0.25) is 0 Å². The van der Waals surface area contributed by atoms with Crippen molar-refractivity contribution in [3.05, 3.63) is 18.2 Å². The van der Waals surface area contributed by atoms with Gasteiger partial charge in [-0.25, -0.2) is 4.79 Å². The lowest BCUT2D eigenvalue weighted by Crippen LogP contribution is -2.44. The molecule has 116 valence electrons. The maximum atomic E-state index is 12.4. The Morgan fingerprint density at radius 1 is 1.19 bits per heavy atom. The van der Waals surface area contributed by atoms with Gasteiger partial charge in [-0.1, -0.05) is 13.8 Å². The van der Waals surface area contributed by atoms with E-state index in [1.807, 2.05) is 4.90 Å². The highest BCUT2D eigenvalue weighted by atomic mass is 16.5. The summed E-state index contributed by atoms with van der Waals surface area (Å²) in [6.07, 6.45) is 1.18. The summed E-state index contributed by atoms with van der Waals surface area (Å²) >= 11 is 0. The molecule has 0 bridgehead atoms. The summed E-state index contributed by atoms with van der Waals surface area (Å²) in [5.41, 5.74) is 0.661. The molecule has 0 radical (unpaired) electrons. The maximum Gasteiger partial charge on any atom is 0.321 e. The molecule has 1 aliphatic rings. The number of nitrogens with zero attached hydrogens (tertiary/aromatic N) is 1. The van der Waals surface area contributed by atoms with Crippen molar-refractivity contribution in [2.24, 2.45) is 11.8 Å². The highest BCUT2D eigenvalue weighted by Gasteiger charge is 2.25. The number of nitrogens with one attached hydrogen (secondary N) is 1. The highest BCUT2D eigenvalue weighted by Crippen LogP contribution is 2.30. The molecule has 1 aromatic carbocycles. The maximum absolute atomic E-state index is 12.4. The van der Waals surface area contributed by atoms with Crippen molar-refractivity contribution in [2.45, 2.75) is 20.3 Å². The Balaban J connectivity index is 2.08. The minimum Gasteiger partial charge on any atom is -0.497 e. The predicted octanol–water partition coefficient (Wildman–Crippen LogP) is 3.21. The molecule has 1 aromatic rings. The van der Waals surface area contributed by atoms with Crippen molar-refractivity contribution in [3.63, 3.8) is 0 Å². The Morgan fingerprint density at radius 2 is 1.86 bits per heavy atom. The van der Waals surface area contributed by atoms with Gasteiger partial charge in [0.05, 0.1) is 19.9 Å². The summed E-state index contributed by atoms with van der Waals surface area (Å²) < 4.78 is 10.5. The lowest BCUT2D eigenvalue weighted by molar-refractivity contribution is 0.156. The molecule has 0 aliphatic carbocycles. The lowest BCUT2D eigenvalue weighted by Gasteiger charge is -2.35. The zero-order chi connectivity index (χ0) is 15.4. The first-order valence-electron chi connectivity index (χ1n) is 7.31. The molecule has 5 heteroatoms. The summed E-state index contributed by atoms with van der Waals surface area (Å²) in [5.74, 6) is 2.38. The van der Waals surface area contributed by atoms with Crippen LogP contribution in [0.5, 0.6) is 11.5 Å². The molecule has 21 heavy (non-hydrogen) atoms. The van der Waals surface area contributed by atoms with Gasteiger partial charge in [0.1, 0.15) is 11.5 Å². The van der Waals surface area contributed by atoms with E-state index in [1.54, 1.807) is 32.4 Å². The number of anilines is 1. The van der Waals surface area contributed by atoms with E-state index < -0.39 is 0 Å². The normalized spacial score (nSPS) is 21.8. The van der Waals surface area contributed by atoms with Gasteiger partial charge in [0.15, 0.2) is 0 Å². The summed E-state index contributed by atoms with van der Waals surface area (Å²) in [6, 6.07) is 5.29. The highest BCUT2D eigenvalue weighted by molar-refractivity contribution is 5.91. The topological polar surface area (TPSA) is 50.8 Å². The van der Waals surface area contributed by atoms with Gasteiger partial charge in [-0.2, -0.15) is 0 Å². The van der Waals surface area contributed by atoms with Crippen molar-refractivity contribution in [3.8, 4) is 11.5 Å². The molecule has 2 rings (SSSR count). The number of benzene rings is 1. The van der Waals surface area contributed by atoms with Gasteiger partial charge in [-0.3, -0.25) is 0 Å². The van der Waals surface area contributed by atoms with Gasteiger partial charge in [0, 0.05) is 19.2 Å². The fourth-order valence-corrected chi connectivity index (χ4v) is 2.92. The Hall–Kier alpha value is -1.91. The fraction of sp³-hybridized carbons (Fsp3) is 0.562. The molecule has 1 fully saturated rings. The van der Waals surface area contributed by atoms with Crippen LogP contribution >= 0.6 is 0 Å². The second-order valence-electron chi connectivity index (χ2n) is 5.85. The summed E-state index contributed by atoms with van der Waals surface area (Å²) in [5, 5.41) is 2.93. The molecule has 2 amide bonds. The molecule has 1 N–H and O–H groups in total. The van der Waals surface area contributed by atoms with Crippen LogP contribution in [0.1, 0.15) is 20.3 Å². The molecule has 0 spiro atoms. The first-order valence-corrected chi connectivity index (χ1v) is 7.31. The number of methoxy groups -OCH3 is 2.